The summed E-state index contributed by atoms with van der Waals surface area (Å²) in [4.78, 5) is 4.97. The van der Waals surface area contributed by atoms with Crippen molar-refractivity contribution in [2.75, 3.05) is 26.2 Å². The van der Waals surface area contributed by atoms with E-state index in [1.807, 2.05) is 24.3 Å². The van der Waals surface area contributed by atoms with Gasteiger partial charge >= 0.3 is 0 Å². The second kappa shape index (κ2) is 7.48. The van der Waals surface area contributed by atoms with Crippen LogP contribution in [0.5, 0.6) is 0 Å². The molecule has 1 aliphatic heterocycles. The summed E-state index contributed by atoms with van der Waals surface area (Å²) in [5.74, 6) is 2.03. The first-order chi connectivity index (χ1) is 10.4. The molecule has 21 heavy (non-hydrogen) atoms. The molecule has 0 aliphatic carbocycles. The molecule has 1 aliphatic rings. The summed E-state index contributed by atoms with van der Waals surface area (Å²) in [6.45, 7) is 6.33. The molecule has 4 nitrogen and oxygen atoms in total. The fraction of sp³-hybridized carbons (Fsp3) is 0.529. The second-order valence-corrected chi connectivity index (χ2v) is 5.77. The maximum atomic E-state index is 5.49. The Balaban J connectivity index is 1.55. The SMILES string of the molecule is c1coc(CN(CCN2CCCCC2)Cc2ccco2)c1. The van der Waals surface area contributed by atoms with Crippen molar-refractivity contribution < 1.29 is 8.83 Å². The van der Waals surface area contributed by atoms with E-state index in [1.165, 1.54) is 32.4 Å². The molecule has 2 aromatic heterocycles. The molecule has 3 heterocycles. The summed E-state index contributed by atoms with van der Waals surface area (Å²) in [5, 5.41) is 0. The highest BCUT2D eigenvalue weighted by Gasteiger charge is 2.14. The minimum absolute atomic E-state index is 0.835. The van der Waals surface area contributed by atoms with Crippen molar-refractivity contribution in [2.45, 2.75) is 32.4 Å². The zero-order valence-electron chi connectivity index (χ0n) is 12.5. The average Bonchev–Trinajstić information content (AvgIpc) is 3.20. The number of rotatable bonds is 7. The molecular weight excluding hydrogens is 264 g/mol. The van der Waals surface area contributed by atoms with Gasteiger partial charge in [0.05, 0.1) is 25.6 Å². The van der Waals surface area contributed by atoms with Gasteiger partial charge in [0.1, 0.15) is 11.5 Å². The lowest BCUT2D eigenvalue weighted by Crippen LogP contribution is -2.37. The van der Waals surface area contributed by atoms with Gasteiger partial charge in [0.2, 0.25) is 0 Å². The maximum Gasteiger partial charge on any atom is 0.117 e. The molecule has 0 aromatic carbocycles. The van der Waals surface area contributed by atoms with Crippen LogP contribution in [-0.4, -0.2) is 36.0 Å². The van der Waals surface area contributed by atoms with Crippen LogP contribution in [0, 0.1) is 0 Å². The molecule has 3 rings (SSSR count). The first-order valence-corrected chi connectivity index (χ1v) is 7.89. The van der Waals surface area contributed by atoms with Crippen LogP contribution in [0.4, 0.5) is 0 Å². The van der Waals surface area contributed by atoms with Gasteiger partial charge in [-0.3, -0.25) is 4.90 Å². The summed E-state index contributed by atoms with van der Waals surface area (Å²) in [6, 6.07) is 7.97. The predicted octanol–water partition coefficient (Wildman–Crippen LogP) is 3.36. The van der Waals surface area contributed by atoms with E-state index in [9.17, 15) is 0 Å². The Morgan fingerprint density at radius 2 is 1.52 bits per heavy atom. The van der Waals surface area contributed by atoms with E-state index in [-0.39, 0.29) is 0 Å². The largest absolute Gasteiger partial charge is 0.468 e. The van der Waals surface area contributed by atoms with Gasteiger partial charge in [-0.2, -0.15) is 0 Å². The lowest BCUT2D eigenvalue weighted by molar-refractivity contribution is 0.160. The van der Waals surface area contributed by atoms with Gasteiger partial charge in [0.15, 0.2) is 0 Å². The molecule has 114 valence electrons. The normalized spacial score (nSPS) is 16.6. The highest BCUT2D eigenvalue weighted by molar-refractivity contribution is 5.01. The molecule has 0 radical (unpaired) electrons. The van der Waals surface area contributed by atoms with Gasteiger partial charge in [-0.25, -0.2) is 0 Å². The second-order valence-electron chi connectivity index (χ2n) is 5.77. The van der Waals surface area contributed by atoms with Gasteiger partial charge < -0.3 is 13.7 Å². The molecule has 0 saturated carbocycles. The number of nitrogens with zero attached hydrogens (tertiary/aromatic N) is 2. The van der Waals surface area contributed by atoms with Crippen molar-refractivity contribution in [3.05, 3.63) is 48.3 Å². The first kappa shape index (κ1) is 14.4. The predicted molar refractivity (Wildman–Crippen MR) is 81.8 cm³/mol. The summed E-state index contributed by atoms with van der Waals surface area (Å²) in [7, 11) is 0. The molecular formula is C17H24N2O2. The number of piperidine rings is 1. The Bertz CT molecular complexity index is 451. The Hall–Kier alpha value is -1.52. The molecule has 0 atom stereocenters. The van der Waals surface area contributed by atoms with Crippen LogP contribution >= 0.6 is 0 Å². The zero-order valence-corrected chi connectivity index (χ0v) is 12.5. The van der Waals surface area contributed by atoms with Crippen molar-refractivity contribution in [2.24, 2.45) is 0 Å². The smallest absolute Gasteiger partial charge is 0.117 e. The summed E-state index contributed by atoms with van der Waals surface area (Å²) in [6.07, 6.45) is 7.56. The van der Waals surface area contributed by atoms with Gasteiger partial charge in [-0.1, -0.05) is 6.42 Å². The monoisotopic (exact) mass is 288 g/mol. The van der Waals surface area contributed by atoms with Crippen LogP contribution in [0.15, 0.2) is 45.6 Å². The third-order valence-corrected chi connectivity index (χ3v) is 4.10. The molecule has 0 spiro atoms. The van der Waals surface area contributed by atoms with E-state index in [1.54, 1.807) is 12.5 Å². The van der Waals surface area contributed by atoms with Crippen LogP contribution in [0.1, 0.15) is 30.8 Å². The quantitative estimate of drug-likeness (QED) is 0.782. The van der Waals surface area contributed by atoms with Crippen molar-refractivity contribution in [1.82, 2.24) is 9.80 Å². The molecule has 0 N–H and O–H groups in total. The van der Waals surface area contributed by atoms with Crippen molar-refractivity contribution >= 4 is 0 Å². The summed E-state index contributed by atoms with van der Waals surface area (Å²) >= 11 is 0. The minimum Gasteiger partial charge on any atom is -0.468 e. The van der Waals surface area contributed by atoms with E-state index >= 15 is 0 Å². The molecule has 0 unspecified atom stereocenters. The molecule has 0 bridgehead atoms. The lowest BCUT2D eigenvalue weighted by atomic mass is 10.1. The summed E-state index contributed by atoms with van der Waals surface area (Å²) < 4.78 is 11.0. The number of hydrogen-bond donors (Lipinski definition) is 0. The lowest BCUT2D eigenvalue weighted by Gasteiger charge is -2.29. The van der Waals surface area contributed by atoms with Gasteiger partial charge in [0, 0.05) is 13.1 Å². The topological polar surface area (TPSA) is 32.8 Å². The van der Waals surface area contributed by atoms with Crippen molar-refractivity contribution in [3.8, 4) is 0 Å². The Kier molecular flexibility index (Phi) is 5.13. The third kappa shape index (κ3) is 4.48. The molecule has 2 aromatic rings. The Morgan fingerprint density at radius 1 is 0.905 bits per heavy atom. The van der Waals surface area contributed by atoms with Crippen LogP contribution in [-0.2, 0) is 13.1 Å². The minimum atomic E-state index is 0.835. The van der Waals surface area contributed by atoms with Gasteiger partial charge in [0.25, 0.3) is 0 Å². The average molecular weight is 288 g/mol. The maximum absolute atomic E-state index is 5.49. The number of furan rings is 2. The van der Waals surface area contributed by atoms with Crippen LogP contribution in [0.2, 0.25) is 0 Å². The van der Waals surface area contributed by atoms with E-state index < -0.39 is 0 Å². The van der Waals surface area contributed by atoms with Crippen molar-refractivity contribution in [1.29, 1.82) is 0 Å². The van der Waals surface area contributed by atoms with Crippen molar-refractivity contribution in [3.63, 3.8) is 0 Å². The van der Waals surface area contributed by atoms with Crippen LogP contribution in [0.25, 0.3) is 0 Å². The van der Waals surface area contributed by atoms with Crippen LogP contribution < -0.4 is 0 Å². The summed E-state index contributed by atoms with van der Waals surface area (Å²) in [5.41, 5.74) is 0. The molecule has 4 heteroatoms. The van der Waals surface area contributed by atoms with Gasteiger partial charge in [-0.05, 0) is 50.2 Å². The fourth-order valence-electron chi connectivity index (χ4n) is 2.93. The van der Waals surface area contributed by atoms with Crippen LogP contribution in [0.3, 0.4) is 0 Å². The number of hydrogen-bond acceptors (Lipinski definition) is 4. The number of likely N-dealkylation sites (tertiary alicyclic amines) is 1. The Labute approximate surface area is 126 Å². The Morgan fingerprint density at radius 3 is 2.05 bits per heavy atom. The molecule has 0 amide bonds. The van der Waals surface area contributed by atoms with E-state index in [2.05, 4.69) is 9.80 Å². The highest BCUT2D eigenvalue weighted by Crippen LogP contribution is 2.13. The fourth-order valence-corrected chi connectivity index (χ4v) is 2.93. The van der Waals surface area contributed by atoms with Gasteiger partial charge in [-0.15, -0.1) is 0 Å². The highest BCUT2D eigenvalue weighted by atomic mass is 16.3. The molecule has 1 saturated heterocycles. The van der Waals surface area contributed by atoms with E-state index in [4.69, 9.17) is 8.83 Å². The third-order valence-electron chi connectivity index (χ3n) is 4.10. The van der Waals surface area contributed by atoms with E-state index in [0.29, 0.717) is 0 Å². The zero-order chi connectivity index (χ0) is 14.3. The standard InChI is InChI=1S/C17H24N2O2/c1-2-8-18(9-3-1)10-11-19(14-16-6-4-12-20-16)15-17-7-5-13-21-17/h4-7,12-13H,1-3,8-11,14-15H2. The first-order valence-electron chi connectivity index (χ1n) is 7.89. The molecule has 1 fully saturated rings. The van der Waals surface area contributed by atoms with E-state index in [0.717, 1.165) is 37.7 Å².